The molecule has 3 heteroatoms. The van der Waals surface area contributed by atoms with Gasteiger partial charge < -0.3 is 10.6 Å². The van der Waals surface area contributed by atoms with Crippen molar-refractivity contribution < 1.29 is 4.79 Å². The summed E-state index contributed by atoms with van der Waals surface area (Å²) in [5.74, 6) is 0.0875. The maximum atomic E-state index is 10.6. The Morgan fingerprint density at radius 3 is 1.69 bits per heavy atom. The van der Waals surface area contributed by atoms with E-state index in [1.165, 1.54) is 44.9 Å². The van der Waals surface area contributed by atoms with Crippen LogP contribution in [0.15, 0.2) is 0 Å². The number of carbonyl (C=O) groups is 1. The molecule has 1 amide bonds. The first kappa shape index (κ1) is 15.4. The summed E-state index contributed by atoms with van der Waals surface area (Å²) < 4.78 is 0. The van der Waals surface area contributed by atoms with Gasteiger partial charge in [-0.3, -0.25) is 4.79 Å². The third-order valence-electron chi connectivity index (χ3n) is 2.73. The van der Waals surface area contributed by atoms with Crippen molar-refractivity contribution in [1.82, 2.24) is 10.6 Å². The number of carbonyl (C=O) groups excluding carboxylic acids is 1. The Morgan fingerprint density at radius 2 is 1.25 bits per heavy atom. The SMILES string of the molecule is CNCCCCCCCCCCNC(C)=O. The van der Waals surface area contributed by atoms with Gasteiger partial charge in [-0.05, 0) is 26.4 Å². The molecule has 0 rings (SSSR count). The van der Waals surface area contributed by atoms with E-state index in [1.807, 2.05) is 7.05 Å². The number of rotatable bonds is 11. The molecule has 0 saturated carbocycles. The number of hydrogen-bond donors (Lipinski definition) is 2. The Bertz CT molecular complexity index is 160. The van der Waals surface area contributed by atoms with Crippen LogP contribution >= 0.6 is 0 Å². The molecule has 16 heavy (non-hydrogen) atoms. The first-order chi connectivity index (χ1) is 7.77. The van der Waals surface area contributed by atoms with Crippen molar-refractivity contribution in [2.75, 3.05) is 20.1 Å². The van der Waals surface area contributed by atoms with Gasteiger partial charge in [-0.2, -0.15) is 0 Å². The molecular weight excluding hydrogens is 200 g/mol. The van der Waals surface area contributed by atoms with E-state index < -0.39 is 0 Å². The Labute approximate surface area is 100 Å². The van der Waals surface area contributed by atoms with Crippen molar-refractivity contribution in [2.45, 2.75) is 58.3 Å². The van der Waals surface area contributed by atoms with E-state index in [0.29, 0.717) is 0 Å². The number of nitrogens with one attached hydrogen (secondary N) is 2. The van der Waals surface area contributed by atoms with Crippen molar-refractivity contribution in [3.8, 4) is 0 Å². The van der Waals surface area contributed by atoms with E-state index in [2.05, 4.69) is 10.6 Å². The van der Waals surface area contributed by atoms with Gasteiger partial charge in [0.2, 0.25) is 5.91 Å². The van der Waals surface area contributed by atoms with E-state index in [1.54, 1.807) is 6.92 Å². The average Bonchev–Trinajstić information content (AvgIpc) is 2.25. The van der Waals surface area contributed by atoms with E-state index in [4.69, 9.17) is 0 Å². The Balaban J connectivity index is 2.90. The molecule has 0 aromatic rings. The van der Waals surface area contributed by atoms with Gasteiger partial charge in [-0.25, -0.2) is 0 Å². The minimum Gasteiger partial charge on any atom is -0.356 e. The average molecular weight is 228 g/mol. The van der Waals surface area contributed by atoms with Crippen LogP contribution in [0.4, 0.5) is 0 Å². The lowest BCUT2D eigenvalue weighted by Gasteiger charge is -2.03. The summed E-state index contributed by atoms with van der Waals surface area (Å²) in [7, 11) is 2.01. The van der Waals surface area contributed by atoms with Crippen LogP contribution in [0.5, 0.6) is 0 Å². The summed E-state index contributed by atoms with van der Waals surface area (Å²) in [5.41, 5.74) is 0. The highest BCUT2D eigenvalue weighted by Gasteiger charge is 1.93. The molecule has 2 N–H and O–H groups in total. The molecule has 96 valence electrons. The maximum Gasteiger partial charge on any atom is 0.216 e. The molecule has 0 aromatic carbocycles. The molecule has 0 bridgehead atoms. The fourth-order valence-electron chi connectivity index (χ4n) is 1.75. The van der Waals surface area contributed by atoms with Crippen molar-refractivity contribution in [3.05, 3.63) is 0 Å². The van der Waals surface area contributed by atoms with E-state index in [0.717, 1.165) is 19.5 Å². The van der Waals surface area contributed by atoms with Gasteiger partial charge in [-0.1, -0.05) is 38.5 Å². The van der Waals surface area contributed by atoms with Crippen molar-refractivity contribution in [1.29, 1.82) is 0 Å². The molecule has 0 radical (unpaired) electrons. The molecule has 0 fully saturated rings. The molecule has 0 aliphatic heterocycles. The minimum absolute atomic E-state index is 0.0875. The molecule has 0 atom stereocenters. The lowest BCUT2D eigenvalue weighted by Crippen LogP contribution is -2.20. The van der Waals surface area contributed by atoms with Crippen molar-refractivity contribution in [2.24, 2.45) is 0 Å². The smallest absolute Gasteiger partial charge is 0.216 e. The normalized spacial score (nSPS) is 10.4. The third-order valence-corrected chi connectivity index (χ3v) is 2.73. The highest BCUT2D eigenvalue weighted by Crippen LogP contribution is 2.07. The number of hydrogen-bond acceptors (Lipinski definition) is 2. The Morgan fingerprint density at radius 1 is 0.812 bits per heavy atom. The van der Waals surface area contributed by atoms with Gasteiger partial charge >= 0.3 is 0 Å². The fraction of sp³-hybridized carbons (Fsp3) is 0.923. The minimum atomic E-state index is 0.0875. The van der Waals surface area contributed by atoms with E-state index in [-0.39, 0.29) is 5.91 Å². The van der Waals surface area contributed by atoms with Gasteiger partial charge in [0.15, 0.2) is 0 Å². The second-order valence-electron chi connectivity index (χ2n) is 4.41. The monoisotopic (exact) mass is 228 g/mol. The standard InChI is InChI=1S/C13H28N2O/c1-13(16)15-12-10-8-6-4-3-5-7-9-11-14-2/h14H,3-12H2,1-2H3,(H,15,16). The van der Waals surface area contributed by atoms with Gasteiger partial charge in [-0.15, -0.1) is 0 Å². The Hall–Kier alpha value is -0.570. The van der Waals surface area contributed by atoms with E-state index in [9.17, 15) is 4.79 Å². The van der Waals surface area contributed by atoms with Crippen LogP contribution in [0, 0.1) is 0 Å². The first-order valence-corrected chi connectivity index (χ1v) is 6.66. The highest BCUT2D eigenvalue weighted by atomic mass is 16.1. The van der Waals surface area contributed by atoms with Crippen LogP contribution in [0.1, 0.15) is 58.3 Å². The first-order valence-electron chi connectivity index (χ1n) is 6.66. The lowest BCUT2D eigenvalue weighted by molar-refractivity contribution is -0.118. The summed E-state index contributed by atoms with van der Waals surface area (Å²) in [6.45, 7) is 3.57. The van der Waals surface area contributed by atoms with Crippen LogP contribution in [-0.2, 0) is 4.79 Å². The molecular formula is C13H28N2O. The molecule has 0 saturated heterocycles. The van der Waals surface area contributed by atoms with Crippen molar-refractivity contribution in [3.63, 3.8) is 0 Å². The maximum absolute atomic E-state index is 10.6. The summed E-state index contributed by atoms with van der Waals surface area (Å²) in [5, 5.41) is 5.99. The van der Waals surface area contributed by atoms with Gasteiger partial charge in [0.05, 0.1) is 0 Å². The highest BCUT2D eigenvalue weighted by molar-refractivity contribution is 5.72. The molecule has 0 aliphatic carbocycles. The van der Waals surface area contributed by atoms with Gasteiger partial charge in [0, 0.05) is 13.5 Å². The summed E-state index contributed by atoms with van der Waals surface area (Å²) in [6, 6.07) is 0. The summed E-state index contributed by atoms with van der Waals surface area (Å²) >= 11 is 0. The van der Waals surface area contributed by atoms with Crippen LogP contribution in [0.2, 0.25) is 0 Å². The lowest BCUT2D eigenvalue weighted by atomic mass is 10.1. The van der Waals surface area contributed by atoms with E-state index >= 15 is 0 Å². The third kappa shape index (κ3) is 13.4. The molecule has 0 unspecified atom stereocenters. The zero-order valence-electron chi connectivity index (χ0n) is 11.0. The van der Waals surface area contributed by atoms with Crippen molar-refractivity contribution >= 4 is 5.91 Å². The van der Waals surface area contributed by atoms with Gasteiger partial charge in [0.1, 0.15) is 0 Å². The topological polar surface area (TPSA) is 41.1 Å². The largest absolute Gasteiger partial charge is 0.356 e. The molecule has 0 heterocycles. The molecule has 0 aromatic heterocycles. The molecule has 3 nitrogen and oxygen atoms in total. The second-order valence-corrected chi connectivity index (χ2v) is 4.41. The zero-order chi connectivity index (χ0) is 12.1. The van der Waals surface area contributed by atoms with Crippen LogP contribution < -0.4 is 10.6 Å². The Kier molecular flexibility index (Phi) is 12.1. The van der Waals surface area contributed by atoms with Crippen LogP contribution in [0.3, 0.4) is 0 Å². The molecule has 0 aliphatic rings. The summed E-state index contributed by atoms with van der Waals surface area (Å²) in [6.07, 6.45) is 10.4. The van der Waals surface area contributed by atoms with Crippen LogP contribution in [-0.4, -0.2) is 26.0 Å². The zero-order valence-corrected chi connectivity index (χ0v) is 11.0. The fourth-order valence-corrected chi connectivity index (χ4v) is 1.75. The molecule has 0 spiro atoms. The second kappa shape index (κ2) is 12.5. The number of unbranched alkanes of at least 4 members (excludes halogenated alkanes) is 7. The number of amides is 1. The summed E-state index contributed by atoms with van der Waals surface area (Å²) in [4.78, 5) is 10.6. The predicted octanol–water partition coefficient (Wildman–Crippen LogP) is 2.46. The quantitative estimate of drug-likeness (QED) is 0.533. The van der Waals surface area contributed by atoms with Crippen LogP contribution in [0.25, 0.3) is 0 Å². The van der Waals surface area contributed by atoms with Gasteiger partial charge in [0.25, 0.3) is 0 Å². The predicted molar refractivity (Wildman–Crippen MR) is 69.5 cm³/mol.